The fourth-order valence-corrected chi connectivity index (χ4v) is 2.24. The summed E-state index contributed by atoms with van der Waals surface area (Å²) in [7, 11) is 1.73. The molecule has 0 aliphatic carbocycles. The minimum Gasteiger partial charge on any atom is -0.382 e. The van der Waals surface area contributed by atoms with Gasteiger partial charge in [-0.05, 0) is 25.7 Å². The first-order valence-corrected chi connectivity index (χ1v) is 6.73. The van der Waals surface area contributed by atoms with E-state index in [1.165, 1.54) is 51.6 Å². The zero-order valence-electron chi connectivity index (χ0n) is 10.9. The summed E-state index contributed by atoms with van der Waals surface area (Å²) in [5.74, 6) is 0. The monoisotopic (exact) mass is 229 g/mol. The van der Waals surface area contributed by atoms with Crippen molar-refractivity contribution < 1.29 is 9.47 Å². The molecule has 0 aromatic carbocycles. The van der Waals surface area contributed by atoms with E-state index >= 15 is 0 Å². The Morgan fingerprint density at radius 2 is 2.06 bits per heavy atom. The van der Waals surface area contributed by atoms with E-state index in [0.29, 0.717) is 12.8 Å². The Bertz CT molecular complexity index is 146. The fraction of sp³-hybridized carbons (Fsp3) is 1.00. The SMILES string of the molecule is CCCCCN1CCCCC1OCCOC. The van der Waals surface area contributed by atoms with Crippen LogP contribution in [-0.2, 0) is 9.47 Å². The topological polar surface area (TPSA) is 21.7 Å². The lowest BCUT2D eigenvalue weighted by Gasteiger charge is -2.35. The first-order chi connectivity index (χ1) is 7.88. The van der Waals surface area contributed by atoms with Gasteiger partial charge in [0.05, 0.1) is 13.2 Å². The summed E-state index contributed by atoms with van der Waals surface area (Å²) >= 11 is 0. The van der Waals surface area contributed by atoms with Gasteiger partial charge in [0.25, 0.3) is 0 Å². The minimum atomic E-state index is 0.348. The number of nitrogens with zero attached hydrogens (tertiary/aromatic N) is 1. The molecular formula is C13H27NO2. The van der Waals surface area contributed by atoms with Crippen molar-refractivity contribution in [3.05, 3.63) is 0 Å². The van der Waals surface area contributed by atoms with E-state index in [0.717, 1.165) is 6.61 Å². The molecule has 3 heteroatoms. The maximum atomic E-state index is 5.87. The molecule has 1 saturated heterocycles. The molecule has 1 heterocycles. The highest BCUT2D eigenvalue weighted by Crippen LogP contribution is 2.18. The number of hydrogen-bond donors (Lipinski definition) is 0. The average Bonchev–Trinajstić information content (AvgIpc) is 2.32. The number of rotatable bonds is 8. The highest BCUT2D eigenvalue weighted by atomic mass is 16.5. The summed E-state index contributed by atoms with van der Waals surface area (Å²) in [5, 5.41) is 0. The van der Waals surface area contributed by atoms with Gasteiger partial charge in [-0.2, -0.15) is 0 Å². The van der Waals surface area contributed by atoms with Crippen LogP contribution in [0.5, 0.6) is 0 Å². The van der Waals surface area contributed by atoms with Crippen LogP contribution in [0.4, 0.5) is 0 Å². The van der Waals surface area contributed by atoms with Crippen molar-refractivity contribution in [3.63, 3.8) is 0 Å². The summed E-state index contributed by atoms with van der Waals surface area (Å²) in [6.45, 7) is 6.10. The lowest BCUT2D eigenvalue weighted by molar-refractivity contribution is -0.0909. The number of hydrogen-bond acceptors (Lipinski definition) is 3. The largest absolute Gasteiger partial charge is 0.382 e. The molecule has 0 amide bonds. The van der Waals surface area contributed by atoms with Crippen LogP contribution in [0.3, 0.4) is 0 Å². The third kappa shape index (κ3) is 5.28. The first-order valence-electron chi connectivity index (χ1n) is 6.73. The first kappa shape index (κ1) is 13.9. The van der Waals surface area contributed by atoms with Crippen LogP contribution < -0.4 is 0 Å². The van der Waals surface area contributed by atoms with Crippen LogP contribution in [0, 0.1) is 0 Å². The molecule has 1 unspecified atom stereocenters. The smallest absolute Gasteiger partial charge is 0.110 e. The van der Waals surface area contributed by atoms with Crippen molar-refractivity contribution in [1.82, 2.24) is 4.90 Å². The van der Waals surface area contributed by atoms with E-state index in [2.05, 4.69) is 11.8 Å². The quantitative estimate of drug-likeness (QED) is 0.597. The molecule has 0 spiro atoms. The Morgan fingerprint density at radius 3 is 2.81 bits per heavy atom. The molecule has 1 rings (SSSR count). The molecule has 1 atom stereocenters. The van der Waals surface area contributed by atoms with E-state index in [4.69, 9.17) is 9.47 Å². The molecule has 1 fully saturated rings. The maximum absolute atomic E-state index is 5.87. The second-order valence-electron chi connectivity index (χ2n) is 4.56. The molecule has 3 nitrogen and oxygen atoms in total. The van der Waals surface area contributed by atoms with Gasteiger partial charge >= 0.3 is 0 Å². The van der Waals surface area contributed by atoms with Crippen LogP contribution in [-0.4, -0.2) is 44.5 Å². The Morgan fingerprint density at radius 1 is 1.19 bits per heavy atom. The number of unbranched alkanes of at least 4 members (excludes halogenated alkanes) is 2. The van der Waals surface area contributed by atoms with E-state index in [9.17, 15) is 0 Å². The van der Waals surface area contributed by atoms with Crippen LogP contribution in [0.2, 0.25) is 0 Å². The molecule has 0 bridgehead atoms. The third-order valence-electron chi connectivity index (χ3n) is 3.20. The zero-order valence-corrected chi connectivity index (χ0v) is 10.9. The van der Waals surface area contributed by atoms with Gasteiger partial charge in [0, 0.05) is 20.2 Å². The number of ether oxygens (including phenoxy) is 2. The normalized spacial score (nSPS) is 22.5. The van der Waals surface area contributed by atoms with E-state index in [-0.39, 0.29) is 0 Å². The van der Waals surface area contributed by atoms with Crippen molar-refractivity contribution >= 4 is 0 Å². The predicted molar refractivity (Wildman–Crippen MR) is 66.6 cm³/mol. The predicted octanol–water partition coefficient (Wildman–Crippen LogP) is 2.65. The van der Waals surface area contributed by atoms with Crippen molar-refractivity contribution in [2.75, 3.05) is 33.4 Å². The maximum Gasteiger partial charge on any atom is 0.110 e. The molecule has 1 aliphatic rings. The molecule has 0 N–H and O–H groups in total. The van der Waals surface area contributed by atoms with Gasteiger partial charge in [-0.15, -0.1) is 0 Å². The highest BCUT2D eigenvalue weighted by Gasteiger charge is 2.21. The summed E-state index contributed by atoms with van der Waals surface area (Å²) in [5.41, 5.74) is 0. The molecule has 16 heavy (non-hydrogen) atoms. The Hall–Kier alpha value is -0.120. The highest BCUT2D eigenvalue weighted by molar-refractivity contribution is 4.70. The van der Waals surface area contributed by atoms with E-state index in [1.807, 2.05) is 0 Å². The molecule has 96 valence electrons. The minimum absolute atomic E-state index is 0.348. The Labute approximate surface area is 100 Å². The standard InChI is InChI=1S/C13H27NO2/c1-3-4-6-9-14-10-7-5-8-13(14)16-12-11-15-2/h13H,3-12H2,1-2H3. The Kier molecular flexibility index (Phi) is 7.81. The number of methoxy groups -OCH3 is 1. The van der Waals surface area contributed by atoms with Gasteiger partial charge in [0.1, 0.15) is 6.23 Å². The zero-order chi connectivity index (χ0) is 11.6. The fourth-order valence-electron chi connectivity index (χ4n) is 2.24. The third-order valence-corrected chi connectivity index (χ3v) is 3.20. The van der Waals surface area contributed by atoms with Gasteiger partial charge in [0.15, 0.2) is 0 Å². The van der Waals surface area contributed by atoms with Crippen LogP contribution >= 0.6 is 0 Å². The van der Waals surface area contributed by atoms with Crippen molar-refractivity contribution in [1.29, 1.82) is 0 Å². The molecule has 0 aromatic heterocycles. The lowest BCUT2D eigenvalue weighted by atomic mass is 10.1. The second-order valence-corrected chi connectivity index (χ2v) is 4.56. The van der Waals surface area contributed by atoms with E-state index < -0.39 is 0 Å². The molecule has 1 aliphatic heterocycles. The van der Waals surface area contributed by atoms with Gasteiger partial charge in [-0.3, -0.25) is 4.90 Å². The number of likely N-dealkylation sites (tertiary alicyclic amines) is 1. The van der Waals surface area contributed by atoms with Crippen LogP contribution in [0.1, 0.15) is 45.4 Å². The summed E-state index contributed by atoms with van der Waals surface area (Å²) < 4.78 is 10.9. The van der Waals surface area contributed by atoms with Gasteiger partial charge in [-0.1, -0.05) is 19.8 Å². The summed E-state index contributed by atoms with van der Waals surface area (Å²) in [4.78, 5) is 2.51. The van der Waals surface area contributed by atoms with Crippen molar-refractivity contribution in [2.24, 2.45) is 0 Å². The summed E-state index contributed by atoms with van der Waals surface area (Å²) in [6, 6.07) is 0. The Balaban J connectivity index is 2.20. The van der Waals surface area contributed by atoms with Crippen LogP contribution in [0.15, 0.2) is 0 Å². The molecular weight excluding hydrogens is 202 g/mol. The van der Waals surface area contributed by atoms with Gasteiger partial charge < -0.3 is 9.47 Å². The second kappa shape index (κ2) is 8.97. The van der Waals surface area contributed by atoms with Gasteiger partial charge in [0.2, 0.25) is 0 Å². The van der Waals surface area contributed by atoms with Gasteiger partial charge in [-0.25, -0.2) is 0 Å². The average molecular weight is 229 g/mol. The lowest BCUT2D eigenvalue weighted by Crippen LogP contribution is -2.42. The van der Waals surface area contributed by atoms with Crippen molar-refractivity contribution in [2.45, 2.75) is 51.7 Å². The number of piperidine rings is 1. The van der Waals surface area contributed by atoms with Crippen LogP contribution in [0.25, 0.3) is 0 Å². The summed E-state index contributed by atoms with van der Waals surface area (Å²) in [6.07, 6.45) is 8.11. The molecule has 0 aromatic rings. The van der Waals surface area contributed by atoms with E-state index in [1.54, 1.807) is 7.11 Å². The molecule has 0 radical (unpaired) electrons. The van der Waals surface area contributed by atoms with Crippen molar-refractivity contribution in [3.8, 4) is 0 Å². The molecule has 0 saturated carbocycles.